The largest absolute Gasteiger partial charge is 0.255 e. The monoisotopic (exact) mass is 252 g/mol. The van der Waals surface area contributed by atoms with E-state index in [2.05, 4.69) is 49.5 Å². The lowest BCUT2D eigenvalue weighted by molar-refractivity contribution is 0.589. The second kappa shape index (κ2) is 4.96. The Kier molecular flexibility index (Phi) is 3.52. The molecule has 0 fully saturated rings. The Hall–Kier alpha value is -1.96. The van der Waals surface area contributed by atoms with E-state index >= 15 is 0 Å². The Morgan fingerprint density at radius 3 is 2.16 bits per heavy atom. The summed E-state index contributed by atoms with van der Waals surface area (Å²) in [6.45, 7) is 12.6. The van der Waals surface area contributed by atoms with Crippen molar-refractivity contribution in [2.45, 2.75) is 33.1 Å². The summed E-state index contributed by atoms with van der Waals surface area (Å²) in [6, 6.07) is 8.19. The van der Waals surface area contributed by atoms with Crippen molar-refractivity contribution < 1.29 is 0 Å². The quantitative estimate of drug-likeness (QED) is 0.787. The van der Waals surface area contributed by atoms with Gasteiger partial charge in [0.25, 0.3) is 0 Å². The number of rotatable bonds is 2. The molecule has 0 radical (unpaired) electrons. The fourth-order valence-corrected chi connectivity index (χ4v) is 1.87. The SMILES string of the molecule is C=C(C)c1ccnc(-c2cc(C(C)(C)C)ccn2)c1. The van der Waals surface area contributed by atoms with E-state index in [1.54, 1.807) is 0 Å². The maximum absolute atomic E-state index is 4.43. The van der Waals surface area contributed by atoms with E-state index in [4.69, 9.17) is 0 Å². The minimum atomic E-state index is 0.115. The van der Waals surface area contributed by atoms with E-state index in [9.17, 15) is 0 Å². The molecular formula is C17H20N2. The zero-order valence-electron chi connectivity index (χ0n) is 12.1. The van der Waals surface area contributed by atoms with E-state index in [1.165, 1.54) is 5.56 Å². The predicted molar refractivity (Wildman–Crippen MR) is 80.9 cm³/mol. The minimum Gasteiger partial charge on any atom is -0.255 e. The van der Waals surface area contributed by atoms with Crippen molar-refractivity contribution in [3.8, 4) is 11.4 Å². The second-order valence-electron chi connectivity index (χ2n) is 5.89. The zero-order valence-corrected chi connectivity index (χ0v) is 12.1. The number of allylic oxidation sites excluding steroid dienone is 1. The third kappa shape index (κ3) is 3.08. The molecule has 0 aliphatic carbocycles. The van der Waals surface area contributed by atoms with Crippen molar-refractivity contribution >= 4 is 5.57 Å². The summed E-state index contributed by atoms with van der Waals surface area (Å²) < 4.78 is 0. The number of hydrogen-bond donors (Lipinski definition) is 0. The first-order valence-corrected chi connectivity index (χ1v) is 6.47. The summed E-state index contributed by atoms with van der Waals surface area (Å²) >= 11 is 0. The van der Waals surface area contributed by atoms with Crippen LogP contribution in [0.2, 0.25) is 0 Å². The molecule has 0 amide bonds. The molecule has 2 rings (SSSR count). The number of nitrogens with zero attached hydrogens (tertiary/aromatic N) is 2. The third-order valence-corrected chi connectivity index (χ3v) is 3.14. The first-order chi connectivity index (χ1) is 8.88. The Morgan fingerprint density at radius 2 is 1.58 bits per heavy atom. The normalized spacial score (nSPS) is 11.4. The summed E-state index contributed by atoms with van der Waals surface area (Å²) in [6.07, 6.45) is 3.66. The molecule has 2 aromatic heterocycles. The lowest BCUT2D eigenvalue weighted by Gasteiger charge is -2.19. The fourth-order valence-electron chi connectivity index (χ4n) is 1.87. The average molecular weight is 252 g/mol. The molecule has 2 nitrogen and oxygen atoms in total. The van der Waals surface area contributed by atoms with Crippen LogP contribution in [-0.2, 0) is 5.41 Å². The summed E-state index contributed by atoms with van der Waals surface area (Å²) in [4.78, 5) is 8.84. The molecule has 0 atom stereocenters. The van der Waals surface area contributed by atoms with Gasteiger partial charge >= 0.3 is 0 Å². The van der Waals surface area contributed by atoms with Crippen LogP contribution >= 0.6 is 0 Å². The molecule has 0 aromatic carbocycles. The molecular weight excluding hydrogens is 232 g/mol. The van der Waals surface area contributed by atoms with Crippen LogP contribution in [0.25, 0.3) is 17.0 Å². The molecule has 2 aromatic rings. The second-order valence-corrected chi connectivity index (χ2v) is 5.89. The molecule has 19 heavy (non-hydrogen) atoms. The Bertz CT molecular complexity index is 607. The van der Waals surface area contributed by atoms with Crippen LogP contribution in [0.15, 0.2) is 43.2 Å². The third-order valence-electron chi connectivity index (χ3n) is 3.14. The van der Waals surface area contributed by atoms with Gasteiger partial charge in [-0.2, -0.15) is 0 Å². The molecule has 2 heteroatoms. The van der Waals surface area contributed by atoms with Crippen LogP contribution in [0.3, 0.4) is 0 Å². The number of hydrogen-bond acceptors (Lipinski definition) is 2. The Morgan fingerprint density at radius 1 is 1.00 bits per heavy atom. The van der Waals surface area contributed by atoms with E-state index < -0.39 is 0 Å². The Balaban J connectivity index is 2.48. The van der Waals surface area contributed by atoms with Gasteiger partial charge in [0.15, 0.2) is 0 Å². The van der Waals surface area contributed by atoms with Gasteiger partial charge in [-0.05, 0) is 47.7 Å². The van der Waals surface area contributed by atoms with Crippen LogP contribution in [-0.4, -0.2) is 9.97 Å². The van der Waals surface area contributed by atoms with Gasteiger partial charge in [-0.3, -0.25) is 9.97 Å². The summed E-state index contributed by atoms with van der Waals surface area (Å²) in [5.41, 5.74) is 5.33. The summed E-state index contributed by atoms with van der Waals surface area (Å²) in [5.74, 6) is 0. The van der Waals surface area contributed by atoms with Crippen LogP contribution < -0.4 is 0 Å². The van der Waals surface area contributed by atoms with Crippen LogP contribution in [0.5, 0.6) is 0 Å². The highest BCUT2D eigenvalue weighted by atomic mass is 14.8. The van der Waals surface area contributed by atoms with E-state index in [1.807, 2.05) is 31.5 Å². The molecule has 2 heterocycles. The van der Waals surface area contributed by atoms with Crippen molar-refractivity contribution in [1.82, 2.24) is 9.97 Å². The standard InChI is InChI=1S/C17H20N2/c1-12(2)13-6-8-18-15(10-13)16-11-14(7-9-19-16)17(3,4)5/h6-11H,1H2,2-5H3. The summed E-state index contributed by atoms with van der Waals surface area (Å²) in [5, 5.41) is 0. The molecule has 0 N–H and O–H groups in total. The highest BCUT2D eigenvalue weighted by Gasteiger charge is 2.15. The highest BCUT2D eigenvalue weighted by Crippen LogP contribution is 2.26. The molecule has 98 valence electrons. The summed E-state index contributed by atoms with van der Waals surface area (Å²) in [7, 11) is 0. The van der Waals surface area contributed by atoms with Crippen molar-refractivity contribution in [3.05, 3.63) is 54.4 Å². The van der Waals surface area contributed by atoms with Gasteiger partial charge in [0.05, 0.1) is 11.4 Å². The maximum atomic E-state index is 4.43. The van der Waals surface area contributed by atoms with Gasteiger partial charge in [-0.25, -0.2) is 0 Å². The zero-order chi connectivity index (χ0) is 14.0. The maximum Gasteiger partial charge on any atom is 0.0892 e. The molecule has 0 bridgehead atoms. The average Bonchev–Trinajstić information content (AvgIpc) is 2.38. The van der Waals surface area contributed by atoms with Gasteiger partial charge in [-0.15, -0.1) is 0 Å². The van der Waals surface area contributed by atoms with Crippen molar-refractivity contribution in [1.29, 1.82) is 0 Å². The smallest absolute Gasteiger partial charge is 0.0892 e. The van der Waals surface area contributed by atoms with Gasteiger partial charge in [-0.1, -0.05) is 32.9 Å². The first kappa shape index (κ1) is 13.5. The minimum absolute atomic E-state index is 0.115. The van der Waals surface area contributed by atoms with Crippen molar-refractivity contribution in [2.75, 3.05) is 0 Å². The first-order valence-electron chi connectivity index (χ1n) is 6.47. The lowest BCUT2D eigenvalue weighted by Crippen LogP contribution is -2.11. The van der Waals surface area contributed by atoms with Gasteiger partial charge in [0.1, 0.15) is 0 Å². The van der Waals surface area contributed by atoms with Crippen LogP contribution in [0, 0.1) is 0 Å². The molecule has 0 saturated heterocycles. The number of pyridine rings is 2. The highest BCUT2D eigenvalue weighted by molar-refractivity contribution is 5.66. The molecule has 0 spiro atoms. The van der Waals surface area contributed by atoms with Crippen LogP contribution in [0.4, 0.5) is 0 Å². The molecule has 0 unspecified atom stereocenters. The topological polar surface area (TPSA) is 25.8 Å². The Labute approximate surface area is 115 Å². The van der Waals surface area contributed by atoms with Crippen molar-refractivity contribution in [2.24, 2.45) is 0 Å². The van der Waals surface area contributed by atoms with Gasteiger partial charge in [0, 0.05) is 12.4 Å². The van der Waals surface area contributed by atoms with Gasteiger partial charge in [0.2, 0.25) is 0 Å². The number of aromatic nitrogens is 2. The van der Waals surface area contributed by atoms with E-state index in [0.717, 1.165) is 22.5 Å². The van der Waals surface area contributed by atoms with Crippen LogP contribution in [0.1, 0.15) is 38.8 Å². The van der Waals surface area contributed by atoms with Crippen molar-refractivity contribution in [3.63, 3.8) is 0 Å². The van der Waals surface area contributed by atoms with Gasteiger partial charge < -0.3 is 0 Å². The van der Waals surface area contributed by atoms with E-state index in [-0.39, 0.29) is 5.41 Å². The molecule has 0 saturated carbocycles. The predicted octanol–water partition coefficient (Wildman–Crippen LogP) is 4.47. The van der Waals surface area contributed by atoms with E-state index in [0.29, 0.717) is 0 Å². The molecule has 0 aliphatic rings. The fraction of sp³-hybridized carbons (Fsp3) is 0.294. The lowest BCUT2D eigenvalue weighted by atomic mass is 9.87. The molecule has 0 aliphatic heterocycles.